The molecule has 6 rings (SSSR count). The molecule has 0 bridgehead atoms. The van der Waals surface area contributed by atoms with Crippen LogP contribution in [0, 0.1) is 46.3 Å². The topological polar surface area (TPSA) is 29.5 Å². The van der Waals surface area contributed by atoms with Crippen LogP contribution in [0.2, 0.25) is 18.1 Å². The molecule has 1 aliphatic heterocycles. The van der Waals surface area contributed by atoms with Gasteiger partial charge in [0.25, 0.3) is 5.91 Å². The zero-order chi connectivity index (χ0) is 31.5. The van der Waals surface area contributed by atoms with Crippen LogP contribution < -0.4 is 0 Å². The van der Waals surface area contributed by atoms with Crippen molar-refractivity contribution in [3.05, 3.63) is 35.9 Å². The van der Waals surface area contributed by atoms with Gasteiger partial charge in [-0.1, -0.05) is 59.7 Å². The minimum atomic E-state index is -1.71. The highest BCUT2D eigenvalue weighted by molar-refractivity contribution is 6.74. The molecule has 246 valence electrons. The van der Waals surface area contributed by atoms with Gasteiger partial charge in [0.1, 0.15) is 0 Å². The van der Waals surface area contributed by atoms with Crippen LogP contribution in [0.1, 0.15) is 135 Å². The number of benzene rings is 1. The Labute approximate surface area is 271 Å². The SMILES string of the molecule is C[C@H](CC[C@H]1CCCN1C(=O)c1ccccc1)[C@H]1CC[C@H]2[C@@H]3CC[C@@H]4C[C@H](O[Si](C)(C)C(C)(C)C)CC[C@]4(C)[C@H]3CC[C@]12C. The minimum Gasteiger partial charge on any atom is -0.414 e. The second-order valence-electron chi connectivity index (χ2n) is 18.4. The molecular weight excluding hydrogens is 555 g/mol. The van der Waals surface area contributed by atoms with Crippen LogP contribution in [-0.4, -0.2) is 37.8 Å². The monoisotopic (exact) mass is 619 g/mol. The summed E-state index contributed by atoms with van der Waals surface area (Å²) in [6, 6.07) is 10.4. The van der Waals surface area contributed by atoms with Crippen molar-refractivity contribution in [3.63, 3.8) is 0 Å². The average Bonchev–Trinajstić information content (AvgIpc) is 3.59. The Bertz CT molecular complexity index is 1160. The first-order valence-electron chi connectivity index (χ1n) is 18.8. The Hall–Kier alpha value is -1.13. The van der Waals surface area contributed by atoms with Gasteiger partial charge in [-0.15, -0.1) is 0 Å². The number of hydrogen-bond acceptors (Lipinski definition) is 2. The van der Waals surface area contributed by atoms with E-state index in [-0.39, 0.29) is 5.91 Å². The van der Waals surface area contributed by atoms with Crippen molar-refractivity contribution in [2.24, 2.45) is 46.3 Å². The van der Waals surface area contributed by atoms with Crippen LogP contribution >= 0.6 is 0 Å². The van der Waals surface area contributed by atoms with Crippen molar-refractivity contribution >= 4 is 14.2 Å². The van der Waals surface area contributed by atoms with Gasteiger partial charge in [-0.25, -0.2) is 0 Å². The molecule has 1 aromatic carbocycles. The van der Waals surface area contributed by atoms with Crippen LogP contribution in [-0.2, 0) is 4.43 Å². The molecule has 1 heterocycles. The van der Waals surface area contributed by atoms with Crippen LogP contribution in [0.3, 0.4) is 0 Å². The molecule has 0 aromatic heterocycles. The van der Waals surface area contributed by atoms with Gasteiger partial charge >= 0.3 is 0 Å². The third kappa shape index (κ3) is 5.80. The Morgan fingerprint density at radius 2 is 1.66 bits per heavy atom. The molecule has 0 unspecified atom stereocenters. The van der Waals surface area contributed by atoms with E-state index in [1.807, 2.05) is 30.3 Å². The number of fused-ring (bicyclic) bond motifs is 5. The molecule has 44 heavy (non-hydrogen) atoms. The van der Waals surface area contributed by atoms with E-state index in [1.54, 1.807) is 0 Å². The fourth-order valence-electron chi connectivity index (χ4n) is 11.7. The smallest absolute Gasteiger partial charge is 0.254 e. The summed E-state index contributed by atoms with van der Waals surface area (Å²) in [5.41, 5.74) is 1.90. The average molecular weight is 620 g/mol. The molecule has 10 atom stereocenters. The lowest BCUT2D eigenvalue weighted by Gasteiger charge is -2.61. The van der Waals surface area contributed by atoms with Gasteiger partial charge < -0.3 is 9.33 Å². The first kappa shape index (κ1) is 32.8. The van der Waals surface area contributed by atoms with Gasteiger partial charge in [0, 0.05) is 24.3 Å². The summed E-state index contributed by atoms with van der Waals surface area (Å²) in [5, 5.41) is 0.297. The lowest BCUT2D eigenvalue weighted by molar-refractivity contribution is -0.127. The maximum atomic E-state index is 13.3. The van der Waals surface area contributed by atoms with Gasteiger partial charge in [-0.05, 0) is 160 Å². The van der Waals surface area contributed by atoms with E-state index < -0.39 is 8.32 Å². The number of nitrogens with zero attached hydrogens (tertiary/aromatic N) is 1. The fraction of sp³-hybridized carbons (Fsp3) is 0.825. The number of carbonyl (C=O) groups excluding carboxylic acids is 1. The van der Waals surface area contributed by atoms with Crippen molar-refractivity contribution < 1.29 is 9.22 Å². The minimum absolute atomic E-state index is 0.247. The van der Waals surface area contributed by atoms with Crippen molar-refractivity contribution in [1.82, 2.24) is 4.90 Å². The number of likely N-dealkylation sites (tertiary alicyclic amines) is 1. The second kappa shape index (κ2) is 12.1. The summed E-state index contributed by atoms with van der Waals surface area (Å²) in [6.07, 6.45) is 18.0. The highest BCUT2D eigenvalue weighted by atomic mass is 28.4. The number of amides is 1. The highest BCUT2D eigenvalue weighted by Crippen LogP contribution is 2.68. The molecule has 4 aliphatic carbocycles. The van der Waals surface area contributed by atoms with Gasteiger partial charge in [-0.3, -0.25) is 4.79 Å². The number of hydrogen-bond donors (Lipinski definition) is 0. The lowest BCUT2D eigenvalue weighted by atomic mass is 9.44. The van der Waals surface area contributed by atoms with E-state index in [2.05, 4.69) is 59.5 Å². The highest BCUT2D eigenvalue weighted by Gasteiger charge is 2.61. The third-order valence-corrected chi connectivity index (χ3v) is 19.8. The normalized spacial score (nSPS) is 39.8. The summed E-state index contributed by atoms with van der Waals surface area (Å²) in [7, 11) is -1.71. The molecule has 1 aromatic rings. The Kier molecular flexibility index (Phi) is 9.05. The molecule has 1 saturated heterocycles. The Balaban J connectivity index is 1.07. The predicted octanol–water partition coefficient (Wildman–Crippen LogP) is 10.8. The van der Waals surface area contributed by atoms with Gasteiger partial charge in [0.05, 0.1) is 0 Å². The van der Waals surface area contributed by atoms with Gasteiger partial charge in [-0.2, -0.15) is 0 Å². The molecule has 0 N–H and O–H groups in total. The molecule has 0 spiro atoms. The third-order valence-electron chi connectivity index (χ3n) is 15.3. The molecule has 1 amide bonds. The molecular formula is C40H65NO2Si. The van der Waals surface area contributed by atoms with Crippen LogP contribution in [0.25, 0.3) is 0 Å². The molecule has 4 heteroatoms. The predicted molar refractivity (Wildman–Crippen MR) is 186 cm³/mol. The second-order valence-corrected chi connectivity index (χ2v) is 23.1. The maximum Gasteiger partial charge on any atom is 0.254 e. The molecule has 0 radical (unpaired) electrons. The van der Waals surface area contributed by atoms with Crippen LogP contribution in [0.5, 0.6) is 0 Å². The summed E-state index contributed by atoms with van der Waals surface area (Å²) in [4.78, 5) is 15.5. The number of carbonyl (C=O) groups is 1. The molecule has 5 aliphatic rings. The van der Waals surface area contributed by atoms with Gasteiger partial charge in [0.2, 0.25) is 0 Å². The van der Waals surface area contributed by atoms with E-state index in [1.165, 1.54) is 77.0 Å². The van der Waals surface area contributed by atoms with E-state index >= 15 is 0 Å². The lowest BCUT2D eigenvalue weighted by Crippen LogP contribution is -2.55. The first-order valence-corrected chi connectivity index (χ1v) is 21.7. The van der Waals surface area contributed by atoms with Crippen LogP contribution in [0.15, 0.2) is 30.3 Å². The summed E-state index contributed by atoms with van der Waals surface area (Å²) in [6.45, 7) is 21.0. The van der Waals surface area contributed by atoms with E-state index in [0.29, 0.717) is 28.0 Å². The van der Waals surface area contributed by atoms with E-state index in [0.717, 1.165) is 54.0 Å². The molecule has 4 saturated carbocycles. The summed E-state index contributed by atoms with van der Waals surface area (Å²) >= 11 is 0. The van der Waals surface area contributed by atoms with Gasteiger partial charge in [0.15, 0.2) is 8.32 Å². The maximum absolute atomic E-state index is 13.3. The zero-order valence-electron chi connectivity index (χ0n) is 29.7. The van der Waals surface area contributed by atoms with Crippen LogP contribution in [0.4, 0.5) is 0 Å². The molecule has 3 nitrogen and oxygen atoms in total. The summed E-state index contributed by atoms with van der Waals surface area (Å²) < 4.78 is 7.02. The Morgan fingerprint density at radius 1 is 0.955 bits per heavy atom. The van der Waals surface area contributed by atoms with Crippen molar-refractivity contribution in [1.29, 1.82) is 0 Å². The Morgan fingerprint density at radius 3 is 2.39 bits per heavy atom. The molecule has 5 fully saturated rings. The zero-order valence-corrected chi connectivity index (χ0v) is 30.7. The summed E-state index contributed by atoms with van der Waals surface area (Å²) in [5.74, 6) is 5.52. The standard InChI is InChI=1S/C40H65NO2Si/c1-28(16-18-31-15-12-26-41(31)37(42)29-13-10-9-11-14-29)34-20-21-35-33-19-17-30-27-32(43-44(7,8)38(2,3)4)22-24-39(30,5)36(33)23-25-40(34,35)6/h9-11,13-14,28,30-36H,12,15-27H2,1-8H3/t28-,30-,31-,32-,33+,34-,35+,36+,39+,40-/m1/s1. The van der Waals surface area contributed by atoms with E-state index in [4.69, 9.17) is 4.43 Å². The van der Waals surface area contributed by atoms with Crippen molar-refractivity contribution in [2.75, 3.05) is 6.54 Å². The largest absolute Gasteiger partial charge is 0.414 e. The number of rotatable bonds is 7. The van der Waals surface area contributed by atoms with Crippen molar-refractivity contribution in [2.45, 2.75) is 155 Å². The first-order chi connectivity index (χ1) is 20.7. The quantitative estimate of drug-likeness (QED) is 0.284. The fourth-order valence-corrected chi connectivity index (χ4v) is 13.1. The van der Waals surface area contributed by atoms with Crippen molar-refractivity contribution in [3.8, 4) is 0 Å². The van der Waals surface area contributed by atoms with E-state index in [9.17, 15) is 4.79 Å².